The predicted octanol–water partition coefficient (Wildman–Crippen LogP) is 0.774. The molecule has 2 heterocycles. The molecule has 106 valence electrons. The van der Waals surface area contributed by atoms with Crippen LogP contribution in [-0.4, -0.2) is 58.5 Å². The first-order chi connectivity index (χ1) is 9.49. The molecule has 2 amide bonds. The molecule has 1 fully saturated rings. The van der Waals surface area contributed by atoms with Crippen molar-refractivity contribution in [2.45, 2.75) is 13.8 Å². The molecule has 2 rings (SSSR count). The summed E-state index contributed by atoms with van der Waals surface area (Å²) in [5.74, 6) is -0.0283. The number of amides is 2. The summed E-state index contributed by atoms with van der Waals surface area (Å²) in [5, 5.41) is 7.48. The maximum Gasteiger partial charge on any atom is 0.255 e. The summed E-state index contributed by atoms with van der Waals surface area (Å²) < 4.78 is 0. The average Bonchev–Trinajstić information content (AvgIpc) is 2.46. The molecule has 1 aromatic rings. The third-order valence-electron chi connectivity index (χ3n) is 3.41. The van der Waals surface area contributed by atoms with Gasteiger partial charge in [0.25, 0.3) is 5.91 Å². The van der Waals surface area contributed by atoms with Gasteiger partial charge in [0.2, 0.25) is 5.91 Å². The third-order valence-corrected chi connectivity index (χ3v) is 3.41. The second-order valence-electron chi connectivity index (χ2n) is 4.86. The molecule has 0 bridgehead atoms. The Bertz CT molecular complexity index is 531. The Labute approximate surface area is 117 Å². The monoisotopic (exact) mass is 274 g/mol. The van der Waals surface area contributed by atoms with E-state index in [2.05, 4.69) is 4.98 Å². The van der Waals surface area contributed by atoms with Gasteiger partial charge in [-0.25, -0.2) is 0 Å². The van der Waals surface area contributed by atoms with Crippen LogP contribution >= 0.6 is 0 Å². The Morgan fingerprint density at radius 2 is 1.70 bits per heavy atom. The Morgan fingerprint density at radius 3 is 2.15 bits per heavy atom. The van der Waals surface area contributed by atoms with Crippen molar-refractivity contribution in [2.24, 2.45) is 0 Å². The molecule has 0 spiro atoms. The van der Waals surface area contributed by atoms with Crippen LogP contribution in [0.1, 0.15) is 29.9 Å². The fraction of sp³-hybridized carbons (Fsp3) is 0.429. The van der Waals surface area contributed by atoms with E-state index in [1.807, 2.05) is 0 Å². The van der Waals surface area contributed by atoms with Gasteiger partial charge in [0, 0.05) is 39.3 Å². The van der Waals surface area contributed by atoms with Gasteiger partial charge in [0.15, 0.2) is 0 Å². The van der Waals surface area contributed by atoms with Crippen LogP contribution in [0.2, 0.25) is 0 Å². The van der Waals surface area contributed by atoms with E-state index in [-0.39, 0.29) is 11.8 Å². The van der Waals surface area contributed by atoms with Crippen LogP contribution in [0.3, 0.4) is 0 Å². The van der Waals surface area contributed by atoms with E-state index in [1.54, 1.807) is 35.8 Å². The van der Waals surface area contributed by atoms with Gasteiger partial charge in [-0.15, -0.1) is 0 Å². The molecule has 1 N–H and O–H groups in total. The Balaban J connectivity index is 2.01. The van der Waals surface area contributed by atoms with Crippen molar-refractivity contribution >= 4 is 17.5 Å². The molecule has 6 nitrogen and oxygen atoms in total. The molecule has 0 saturated carbocycles. The minimum Gasteiger partial charge on any atom is -0.339 e. The minimum atomic E-state index is -0.0742. The van der Waals surface area contributed by atoms with Crippen molar-refractivity contribution < 1.29 is 9.59 Å². The van der Waals surface area contributed by atoms with Gasteiger partial charge in [0.05, 0.1) is 17.0 Å². The molecular formula is C14H18N4O2. The summed E-state index contributed by atoms with van der Waals surface area (Å²) in [7, 11) is 0. The van der Waals surface area contributed by atoms with Crippen LogP contribution in [0.4, 0.5) is 0 Å². The first-order valence-corrected chi connectivity index (χ1v) is 6.55. The van der Waals surface area contributed by atoms with Crippen LogP contribution in [0.15, 0.2) is 18.3 Å². The normalized spacial score (nSPS) is 15.1. The van der Waals surface area contributed by atoms with Crippen molar-refractivity contribution in [3.63, 3.8) is 0 Å². The Kier molecular flexibility index (Phi) is 4.12. The third kappa shape index (κ3) is 3.01. The summed E-state index contributed by atoms with van der Waals surface area (Å²) in [6.07, 6.45) is 1.51. The summed E-state index contributed by atoms with van der Waals surface area (Å²) >= 11 is 0. The van der Waals surface area contributed by atoms with Crippen molar-refractivity contribution in [3.8, 4) is 0 Å². The second kappa shape index (κ2) is 5.81. The number of carbonyl (C=O) groups excluding carboxylic acids is 2. The van der Waals surface area contributed by atoms with Crippen LogP contribution in [-0.2, 0) is 4.79 Å². The molecule has 0 aliphatic carbocycles. The number of piperazine rings is 1. The van der Waals surface area contributed by atoms with Gasteiger partial charge < -0.3 is 15.2 Å². The lowest BCUT2D eigenvalue weighted by Gasteiger charge is -2.34. The minimum absolute atomic E-state index is 0.0459. The predicted molar refractivity (Wildman–Crippen MR) is 74.9 cm³/mol. The maximum atomic E-state index is 12.3. The highest BCUT2D eigenvalue weighted by molar-refractivity contribution is 5.97. The first kappa shape index (κ1) is 14.2. The van der Waals surface area contributed by atoms with Crippen molar-refractivity contribution in [3.05, 3.63) is 29.6 Å². The largest absolute Gasteiger partial charge is 0.339 e. The molecule has 1 saturated heterocycles. The van der Waals surface area contributed by atoms with Crippen molar-refractivity contribution in [2.75, 3.05) is 26.2 Å². The topological polar surface area (TPSA) is 77.4 Å². The fourth-order valence-corrected chi connectivity index (χ4v) is 2.15. The van der Waals surface area contributed by atoms with Gasteiger partial charge in [-0.3, -0.25) is 14.6 Å². The molecule has 1 aliphatic rings. The number of carbonyl (C=O) groups is 2. The number of aromatic nitrogens is 1. The van der Waals surface area contributed by atoms with E-state index in [1.165, 1.54) is 6.20 Å². The fourth-order valence-electron chi connectivity index (χ4n) is 2.15. The van der Waals surface area contributed by atoms with Gasteiger partial charge in [-0.2, -0.15) is 0 Å². The van der Waals surface area contributed by atoms with Gasteiger partial charge in [-0.1, -0.05) is 0 Å². The average molecular weight is 274 g/mol. The number of rotatable bonds is 2. The summed E-state index contributed by atoms with van der Waals surface area (Å²) in [6, 6.07) is 3.38. The standard InChI is InChI=1S/C14H18N4O2/c1-10(15)13-4-3-12(9-16-13)14(20)18-7-5-17(6-8-18)11(2)19/h3-4,9,15H,5-8H2,1-2H3. The highest BCUT2D eigenvalue weighted by Gasteiger charge is 2.23. The quantitative estimate of drug-likeness (QED) is 0.809. The molecule has 0 radical (unpaired) electrons. The van der Waals surface area contributed by atoms with Gasteiger partial charge in [0.1, 0.15) is 0 Å². The number of pyridine rings is 1. The van der Waals surface area contributed by atoms with E-state index in [4.69, 9.17) is 5.41 Å². The number of hydrogen-bond donors (Lipinski definition) is 1. The van der Waals surface area contributed by atoms with E-state index in [9.17, 15) is 9.59 Å². The molecule has 6 heteroatoms. The van der Waals surface area contributed by atoms with Gasteiger partial charge >= 0.3 is 0 Å². The summed E-state index contributed by atoms with van der Waals surface area (Å²) in [5.41, 5.74) is 1.47. The maximum absolute atomic E-state index is 12.3. The molecule has 0 atom stereocenters. The van der Waals surface area contributed by atoms with Crippen LogP contribution in [0.25, 0.3) is 0 Å². The highest BCUT2D eigenvalue weighted by atomic mass is 16.2. The van der Waals surface area contributed by atoms with E-state index >= 15 is 0 Å². The highest BCUT2D eigenvalue weighted by Crippen LogP contribution is 2.09. The first-order valence-electron chi connectivity index (χ1n) is 6.55. The lowest BCUT2D eigenvalue weighted by atomic mass is 10.2. The lowest BCUT2D eigenvalue weighted by molar-refractivity contribution is -0.130. The van der Waals surface area contributed by atoms with E-state index < -0.39 is 0 Å². The van der Waals surface area contributed by atoms with E-state index in [0.29, 0.717) is 43.1 Å². The zero-order valence-electron chi connectivity index (χ0n) is 11.7. The van der Waals surface area contributed by atoms with E-state index in [0.717, 1.165) is 0 Å². The number of nitrogens with zero attached hydrogens (tertiary/aromatic N) is 3. The smallest absolute Gasteiger partial charge is 0.255 e. The molecule has 1 aromatic heterocycles. The molecule has 0 unspecified atom stereocenters. The molecule has 0 aromatic carbocycles. The zero-order chi connectivity index (χ0) is 14.7. The van der Waals surface area contributed by atoms with Crippen molar-refractivity contribution in [1.29, 1.82) is 5.41 Å². The lowest BCUT2D eigenvalue weighted by Crippen LogP contribution is -2.50. The van der Waals surface area contributed by atoms with Crippen LogP contribution < -0.4 is 0 Å². The molecular weight excluding hydrogens is 256 g/mol. The SMILES string of the molecule is CC(=N)c1ccc(C(=O)N2CCN(C(C)=O)CC2)cn1. The van der Waals surface area contributed by atoms with Crippen LogP contribution in [0, 0.1) is 5.41 Å². The summed E-state index contributed by atoms with van der Waals surface area (Å²) in [6.45, 7) is 5.44. The second-order valence-corrected chi connectivity index (χ2v) is 4.86. The zero-order valence-corrected chi connectivity index (χ0v) is 11.7. The number of nitrogens with one attached hydrogen (secondary N) is 1. The van der Waals surface area contributed by atoms with Crippen LogP contribution in [0.5, 0.6) is 0 Å². The number of hydrogen-bond acceptors (Lipinski definition) is 4. The Morgan fingerprint density at radius 1 is 1.10 bits per heavy atom. The Hall–Kier alpha value is -2.24. The van der Waals surface area contributed by atoms with Crippen molar-refractivity contribution in [1.82, 2.24) is 14.8 Å². The molecule has 20 heavy (non-hydrogen) atoms. The summed E-state index contributed by atoms with van der Waals surface area (Å²) in [4.78, 5) is 31.1. The molecule has 1 aliphatic heterocycles. The van der Waals surface area contributed by atoms with Gasteiger partial charge in [-0.05, 0) is 19.1 Å².